The molecule has 0 radical (unpaired) electrons. The van der Waals surface area contributed by atoms with Crippen LogP contribution in [0.5, 0.6) is 11.5 Å². The van der Waals surface area contributed by atoms with Crippen molar-refractivity contribution in [3.63, 3.8) is 0 Å². The molecule has 2 aromatic carbocycles. The minimum atomic E-state index is -0.270. The number of anilines is 1. The topological polar surface area (TPSA) is 79.9 Å². The molecule has 150 valence electrons. The maximum Gasteiger partial charge on any atom is 0.317 e. The largest absolute Gasteiger partial charge is 0.495 e. The molecule has 0 aliphatic carbocycles. The van der Waals surface area contributed by atoms with Gasteiger partial charge in [0.2, 0.25) is 5.91 Å². The number of carbonyl (C=O) groups excluding carboxylic acids is 2. The molecule has 0 atom stereocenters. The second-order valence-corrected chi connectivity index (χ2v) is 6.47. The van der Waals surface area contributed by atoms with Crippen LogP contribution in [0.2, 0.25) is 5.02 Å². The van der Waals surface area contributed by atoms with Crippen LogP contribution >= 0.6 is 11.6 Å². The lowest BCUT2D eigenvalue weighted by molar-refractivity contribution is -0.116. The van der Waals surface area contributed by atoms with E-state index in [-0.39, 0.29) is 24.9 Å². The molecule has 0 aromatic heterocycles. The van der Waals surface area contributed by atoms with Crippen LogP contribution in [0, 0.1) is 0 Å². The highest BCUT2D eigenvalue weighted by molar-refractivity contribution is 6.32. The van der Waals surface area contributed by atoms with E-state index in [1.807, 2.05) is 30.3 Å². The Bertz CT molecular complexity index is 815. The van der Waals surface area contributed by atoms with Gasteiger partial charge in [0.1, 0.15) is 11.5 Å². The van der Waals surface area contributed by atoms with E-state index in [2.05, 4.69) is 10.6 Å². The standard InChI is InChI=1S/C20H24ClN3O4/c1-24(13-14-7-5-4-6-8-14)20(26)22-10-9-19(25)23-16-12-17(27-2)15(21)11-18(16)28-3/h4-8,11-12H,9-10,13H2,1-3H3,(H,22,26)(H,23,25). The minimum Gasteiger partial charge on any atom is -0.495 e. The Balaban J connectivity index is 1.83. The maximum atomic E-state index is 12.2. The summed E-state index contributed by atoms with van der Waals surface area (Å²) in [4.78, 5) is 25.9. The van der Waals surface area contributed by atoms with Gasteiger partial charge < -0.3 is 25.0 Å². The Morgan fingerprint density at radius 3 is 2.39 bits per heavy atom. The van der Waals surface area contributed by atoms with Crippen molar-refractivity contribution in [1.82, 2.24) is 10.2 Å². The van der Waals surface area contributed by atoms with Crippen LogP contribution in [0.15, 0.2) is 42.5 Å². The summed E-state index contributed by atoms with van der Waals surface area (Å²) in [5, 5.41) is 5.85. The number of urea groups is 1. The molecule has 0 heterocycles. The molecule has 3 amide bonds. The fourth-order valence-corrected chi connectivity index (χ4v) is 2.75. The van der Waals surface area contributed by atoms with Gasteiger partial charge in [-0.05, 0) is 5.56 Å². The van der Waals surface area contributed by atoms with Gasteiger partial charge in [0.25, 0.3) is 0 Å². The molecular formula is C20H24ClN3O4. The SMILES string of the molecule is COc1cc(NC(=O)CCNC(=O)N(C)Cc2ccccc2)c(OC)cc1Cl. The third-order valence-electron chi connectivity index (χ3n) is 3.99. The molecule has 0 aliphatic rings. The van der Waals surface area contributed by atoms with Crippen molar-refractivity contribution in [2.75, 3.05) is 33.1 Å². The first-order valence-electron chi connectivity index (χ1n) is 8.69. The monoisotopic (exact) mass is 405 g/mol. The molecule has 7 nitrogen and oxygen atoms in total. The Labute approximate surface area is 169 Å². The van der Waals surface area contributed by atoms with Gasteiger partial charge in [-0.2, -0.15) is 0 Å². The first-order chi connectivity index (χ1) is 13.4. The molecule has 0 bridgehead atoms. The molecule has 2 rings (SSSR count). The van der Waals surface area contributed by atoms with Gasteiger partial charge in [-0.25, -0.2) is 4.79 Å². The Kier molecular flexibility index (Phi) is 7.95. The molecule has 28 heavy (non-hydrogen) atoms. The molecule has 8 heteroatoms. The lowest BCUT2D eigenvalue weighted by Gasteiger charge is -2.18. The molecular weight excluding hydrogens is 382 g/mol. The van der Waals surface area contributed by atoms with Crippen LogP contribution in [0.1, 0.15) is 12.0 Å². The zero-order valence-corrected chi connectivity index (χ0v) is 16.9. The Hall–Kier alpha value is -2.93. The number of methoxy groups -OCH3 is 2. The van der Waals surface area contributed by atoms with E-state index >= 15 is 0 Å². The first-order valence-corrected chi connectivity index (χ1v) is 9.06. The van der Waals surface area contributed by atoms with Crippen molar-refractivity contribution < 1.29 is 19.1 Å². The minimum absolute atomic E-state index is 0.110. The van der Waals surface area contributed by atoms with Crippen molar-refractivity contribution in [2.24, 2.45) is 0 Å². The molecule has 0 fully saturated rings. The van der Waals surface area contributed by atoms with E-state index in [1.165, 1.54) is 14.2 Å². The van der Waals surface area contributed by atoms with Gasteiger partial charge in [-0.3, -0.25) is 4.79 Å². The van der Waals surface area contributed by atoms with Gasteiger partial charge in [0.05, 0.1) is 24.9 Å². The quantitative estimate of drug-likeness (QED) is 0.704. The van der Waals surface area contributed by atoms with Crippen LogP contribution < -0.4 is 20.1 Å². The van der Waals surface area contributed by atoms with E-state index in [0.29, 0.717) is 28.8 Å². The molecule has 0 unspecified atom stereocenters. The lowest BCUT2D eigenvalue weighted by atomic mass is 10.2. The third-order valence-corrected chi connectivity index (χ3v) is 4.28. The van der Waals surface area contributed by atoms with E-state index < -0.39 is 0 Å². The number of rotatable bonds is 8. The fraction of sp³-hybridized carbons (Fsp3) is 0.300. The first kappa shape index (κ1) is 21.4. The third kappa shape index (κ3) is 6.06. The van der Waals surface area contributed by atoms with Crippen molar-refractivity contribution in [2.45, 2.75) is 13.0 Å². The second-order valence-electron chi connectivity index (χ2n) is 6.06. The maximum absolute atomic E-state index is 12.2. The average Bonchev–Trinajstić information content (AvgIpc) is 2.69. The predicted molar refractivity (Wildman–Crippen MR) is 109 cm³/mol. The van der Waals surface area contributed by atoms with Crippen LogP contribution in [0.25, 0.3) is 0 Å². The summed E-state index contributed by atoms with van der Waals surface area (Å²) in [6.07, 6.45) is 0.110. The van der Waals surface area contributed by atoms with Gasteiger partial charge in [0.15, 0.2) is 0 Å². The van der Waals surface area contributed by atoms with E-state index in [9.17, 15) is 9.59 Å². The molecule has 0 saturated carbocycles. The lowest BCUT2D eigenvalue weighted by Crippen LogP contribution is -2.38. The summed E-state index contributed by atoms with van der Waals surface area (Å²) in [6.45, 7) is 0.692. The van der Waals surface area contributed by atoms with Crippen molar-refractivity contribution in [3.05, 3.63) is 53.1 Å². The van der Waals surface area contributed by atoms with Gasteiger partial charge in [-0.1, -0.05) is 41.9 Å². The molecule has 2 aromatic rings. The summed E-state index contributed by atoms with van der Waals surface area (Å²) >= 11 is 6.05. The van der Waals surface area contributed by atoms with Gasteiger partial charge >= 0.3 is 6.03 Å². The number of ether oxygens (including phenoxy) is 2. The highest BCUT2D eigenvalue weighted by atomic mass is 35.5. The number of halogens is 1. The normalized spacial score (nSPS) is 10.1. The van der Waals surface area contributed by atoms with Crippen molar-refractivity contribution >= 4 is 29.2 Å². The van der Waals surface area contributed by atoms with Crippen LogP contribution in [-0.2, 0) is 11.3 Å². The number of amides is 3. The van der Waals surface area contributed by atoms with Crippen LogP contribution in [0.4, 0.5) is 10.5 Å². The number of benzene rings is 2. The summed E-state index contributed by atoms with van der Waals surface area (Å²) in [5.41, 5.74) is 1.47. The van der Waals surface area contributed by atoms with E-state index in [1.54, 1.807) is 24.1 Å². The second kappa shape index (κ2) is 10.4. The zero-order valence-electron chi connectivity index (χ0n) is 16.1. The summed E-state index contributed by atoms with van der Waals surface area (Å²) in [5.74, 6) is 0.577. The fourth-order valence-electron chi connectivity index (χ4n) is 2.52. The van der Waals surface area contributed by atoms with Gasteiger partial charge in [0, 0.05) is 38.7 Å². The predicted octanol–water partition coefficient (Wildman–Crippen LogP) is 3.53. The van der Waals surface area contributed by atoms with Crippen LogP contribution in [0.3, 0.4) is 0 Å². The van der Waals surface area contributed by atoms with Crippen molar-refractivity contribution in [1.29, 1.82) is 0 Å². The zero-order chi connectivity index (χ0) is 20.5. The molecule has 2 N–H and O–H groups in total. The van der Waals surface area contributed by atoms with Crippen LogP contribution in [-0.4, -0.2) is 44.7 Å². The number of hydrogen-bond donors (Lipinski definition) is 2. The number of carbonyl (C=O) groups is 2. The van der Waals surface area contributed by atoms with Crippen molar-refractivity contribution in [3.8, 4) is 11.5 Å². The van der Waals surface area contributed by atoms with E-state index in [0.717, 1.165) is 5.56 Å². The highest BCUT2D eigenvalue weighted by Crippen LogP contribution is 2.35. The smallest absolute Gasteiger partial charge is 0.317 e. The molecule has 0 aliphatic heterocycles. The Morgan fingerprint density at radius 1 is 1.07 bits per heavy atom. The average molecular weight is 406 g/mol. The Morgan fingerprint density at radius 2 is 1.75 bits per heavy atom. The number of nitrogens with zero attached hydrogens (tertiary/aromatic N) is 1. The summed E-state index contributed by atoms with van der Waals surface area (Å²) in [7, 11) is 4.67. The highest BCUT2D eigenvalue weighted by Gasteiger charge is 2.13. The molecule has 0 saturated heterocycles. The van der Waals surface area contributed by atoms with Gasteiger partial charge in [-0.15, -0.1) is 0 Å². The summed E-state index contributed by atoms with van der Waals surface area (Å²) in [6, 6.07) is 12.6. The number of hydrogen-bond acceptors (Lipinski definition) is 4. The summed E-state index contributed by atoms with van der Waals surface area (Å²) < 4.78 is 10.4. The molecule has 0 spiro atoms. The van der Waals surface area contributed by atoms with E-state index in [4.69, 9.17) is 21.1 Å². The number of nitrogens with one attached hydrogen (secondary N) is 2.